The molecule has 0 saturated heterocycles. The summed E-state index contributed by atoms with van der Waals surface area (Å²) < 4.78 is 3.52. The number of carbonyl (C=O) groups is 2. The number of nitrogens with zero attached hydrogens (tertiary/aromatic N) is 13. The van der Waals surface area contributed by atoms with Crippen LogP contribution in [0.1, 0.15) is 19.7 Å². The summed E-state index contributed by atoms with van der Waals surface area (Å²) in [5.41, 5.74) is 20.4. The first-order chi connectivity index (χ1) is 28.6. The number of hydrogen-bond donors (Lipinski definition) is 6. The Morgan fingerprint density at radius 3 is 1.75 bits per heavy atom. The van der Waals surface area contributed by atoms with Gasteiger partial charge in [-0.05, 0) is 26.8 Å². The largest absolute Gasteiger partial charge is 0.384 e. The van der Waals surface area contributed by atoms with E-state index in [-0.39, 0.29) is 17.4 Å². The van der Waals surface area contributed by atoms with Gasteiger partial charge in [-0.1, -0.05) is 26.3 Å². The Morgan fingerprint density at radius 2 is 1.20 bits per heavy atom. The van der Waals surface area contributed by atoms with E-state index in [1.165, 1.54) is 12.4 Å². The summed E-state index contributed by atoms with van der Waals surface area (Å²) >= 11 is 0. The van der Waals surface area contributed by atoms with Crippen molar-refractivity contribution in [3.8, 4) is 0 Å². The molecule has 61 heavy (non-hydrogen) atoms. The lowest BCUT2D eigenvalue weighted by atomic mass is 10.2. The van der Waals surface area contributed by atoms with Crippen molar-refractivity contribution >= 4 is 51.6 Å². The highest BCUT2D eigenvalue weighted by molar-refractivity contribution is 5.97. The number of aliphatic imine (C=N–C) groups is 2. The van der Waals surface area contributed by atoms with E-state index in [1.807, 2.05) is 59.5 Å². The Kier molecular flexibility index (Phi) is 16.1. The smallest absolute Gasteiger partial charge is 0.279 e. The second-order valence-electron chi connectivity index (χ2n) is 13.4. The molecule has 0 spiro atoms. The third-order valence-electron chi connectivity index (χ3n) is 8.37. The number of nitrogens with one attached hydrogen (secondary N) is 3. The SMILES string of the molecule is C=C1N=C(N)C(C)=CN1C.C=C1N=C(N)C=CN1C.C=C1NC(=O)C(C)=CN1C.C=C1NC(=O)C=CN1C.Cc1nc2c(ncn2C)c(=O)[nH]1.Cn1cnc2c(N)ncnc21. The number of amidine groups is 2. The Hall–Kier alpha value is -8.30. The number of carbonyl (C=O) groups excluding carboxylic acids is 2. The molecule has 322 valence electrons. The summed E-state index contributed by atoms with van der Waals surface area (Å²) in [6, 6.07) is 0. The van der Waals surface area contributed by atoms with Gasteiger partial charge in [-0.3, -0.25) is 14.4 Å². The number of amides is 2. The first-order valence-corrected chi connectivity index (χ1v) is 18.1. The Labute approximate surface area is 353 Å². The van der Waals surface area contributed by atoms with Gasteiger partial charge < -0.3 is 61.6 Å². The molecule has 0 radical (unpaired) electrons. The Bertz CT molecular complexity index is 2570. The zero-order valence-electron chi connectivity index (χ0n) is 35.8. The molecule has 4 aliphatic rings. The van der Waals surface area contributed by atoms with Crippen molar-refractivity contribution in [2.45, 2.75) is 20.8 Å². The molecule has 0 aliphatic carbocycles. The number of rotatable bonds is 0. The number of imidazole rings is 2. The zero-order chi connectivity index (χ0) is 45.7. The van der Waals surface area contributed by atoms with Crippen molar-refractivity contribution in [3.05, 3.63) is 133 Å². The van der Waals surface area contributed by atoms with E-state index in [4.69, 9.17) is 17.2 Å². The second kappa shape index (κ2) is 20.9. The fourth-order valence-electron chi connectivity index (χ4n) is 4.65. The first-order valence-electron chi connectivity index (χ1n) is 18.1. The fraction of sp³-hybridized carbons (Fsp3) is 0.231. The zero-order valence-corrected chi connectivity index (χ0v) is 35.8. The lowest BCUT2D eigenvalue weighted by Crippen LogP contribution is -2.35. The second-order valence-corrected chi connectivity index (χ2v) is 13.4. The van der Waals surface area contributed by atoms with Crippen LogP contribution in [0.4, 0.5) is 5.82 Å². The van der Waals surface area contributed by atoms with Gasteiger partial charge in [-0.15, -0.1) is 0 Å². The van der Waals surface area contributed by atoms with Crippen LogP contribution in [0.3, 0.4) is 0 Å². The summed E-state index contributed by atoms with van der Waals surface area (Å²) in [7, 11) is 11.1. The lowest BCUT2D eigenvalue weighted by molar-refractivity contribution is -0.118. The number of hydrogen-bond acceptors (Lipinski definition) is 17. The molecule has 2 amide bonds. The molecule has 0 aromatic carbocycles. The quantitative estimate of drug-likeness (QED) is 0.146. The molecule has 9 N–H and O–H groups in total. The van der Waals surface area contributed by atoms with Gasteiger partial charge in [0.15, 0.2) is 22.6 Å². The molecule has 8 heterocycles. The van der Waals surface area contributed by atoms with Gasteiger partial charge in [-0.25, -0.2) is 34.9 Å². The highest BCUT2D eigenvalue weighted by Gasteiger charge is 2.14. The summed E-state index contributed by atoms with van der Waals surface area (Å²) in [6.45, 7) is 20.0. The molecule has 4 aromatic heterocycles. The van der Waals surface area contributed by atoms with E-state index in [1.54, 1.807) is 75.9 Å². The van der Waals surface area contributed by atoms with E-state index >= 15 is 0 Å². The van der Waals surface area contributed by atoms with Crippen molar-refractivity contribution in [3.63, 3.8) is 0 Å². The van der Waals surface area contributed by atoms with Crippen LogP contribution < -0.4 is 33.4 Å². The molecule has 0 bridgehead atoms. The molecular weight excluding hydrogens is 783 g/mol. The molecule has 22 heteroatoms. The van der Waals surface area contributed by atoms with Gasteiger partial charge in [0, 0.05) is 84.3 Å². The van der Waals surface area contributed by atoms with Crippen molar-refractivity contribution in [1.29, 1.82) is 0 Å². The van der Waals surface area contributed by atoms with Crippen LogP contribution in [0.5, 0.6) is 0 Å². The maximum absolute atomic E-state index is 11.2. The molecular formula is C39H53N19O3. The van der Waals surface area contributed by atoms with Crippen LogP contribution in [0.2, 0.25) is 0 Å². The number of aryl methyl sites for hydroxylation is 3. The summed E-state index contributed by atoms with van der Waals surface area (Å²) in [6.07, 6.45) is 15.0. The van der Waals surface area contributed by atoms with Crippen molar-refractivity contribution in [2.75, 3.05) is 33.9 Å². The Morgan fingerprint density at radius 1 is 0.623 bits per heavy atom. The highest BCUT2D eigenvalue weighted by atomic mass is 16.2. The molecule has 0 unspecified atom stereocenters. The normalized spacial score (nSPS) is 15.5. The standard InChI is InChI=1S/C7H8N4O.C7H11N3.C7H10N2O.C6H7N5.C6H9N3.C6H8N2O/c1-4-9-6-5(7(12)10-4)8-3-11(6)2;1-5-4-10(3)6(2)9-7(5)8;1-5-4-9(3)6(2)8-7(5)10;1-11-3-10-4-5(7)8-2-9-6(4)11;1-5-8-6(7)3-4-9(5)2;1-5-7-6(9)3-4-8(5)2/h3H,1-2H3,(H,9,10,12);4H,2H2,1,3H3,(H2,8,9);4H,2H2,1,3H3,(H,8,10);2-3H,1H3,(H2,7,8,9);3-4H,1H2,2H3,(H2,7,8);3-4H,1H2,2H3,(H,7,9). The fourth-order valence-corrected chi connectivity index (χ4v) is 4.65. The van der Waals surface area contributed by atoms with Crippen LogP contribution in [0, 0.1) is 6.92 Å². The number of aromatic amines is 1. The van der Waals surface area contributed by atoms with E-state index in [0.29, 0.717) is 68.9 Å². The number of anilines is 1. The van der Waals surface area contributed by atoms with Gasteiger partial charge in [0.25, 0.3) is 17.4 Å². The number of H-pyrrole nitrogens is 1. The molecule has 22 nitrogen and oxygen atoms in total. The summed E-state index contributed by atoms with van der Waals surface area (Å²) in [5.74, 6) is 4.52. The molecule has 0 saturated carbocycles. The Balaban J connectivity index is 0.000000196. The van der Waals surface area contributed by atoms with E-state index < -0.39 is 0 Å². The van der Waals surface area contributed by atoms with Gasteiger partial charge in [0.2, 0.25) is 0 Å². The number of nitrogens with two attached hydrogens (primary N) is 3. The van der Waals surface area contributed by atoms with Crippen molar-refractivity contribution in [2.24, 2.45) is 35.5 Å². The van der Waals surface area contributed by atoms with Crippen LogP contribution in [0.15, 0.2) is 131 Å². The van der Waals surface area contributed by atoms with Gasteiger partial charge in [0.1, 0.15) is 52.6 Å². The predicted molar refractivity (Wildman–Crippen MR) is 238 cm³/mol. The van der Waals surface area contributed by atoms with Crippen LogP contribution in [-0.4, -0.2) is 110 Å². The van der Waals surface area contributed by atoms with E-state index in [2.05, 4.69) is 76.8 Å². The highest BCUT2D eigenvalue weighted by Crippen LogP contribution is 2.13. The summed E-state index contributed by atoms with van der Waals surface area (Å²) in [4.78, 5) is 70.2. The molecule has 4 aliphatic heterocycles. The molecule has 4 aromatic rings. The van der Waals surface area contributed by atoms with Crippen molar-refractivity contribution in [1.82, 2.24) is 69.3 Å². The van der Waals surface area contributed by atoms with E-state index in [9.17, 15) is 14.4 Å². The average molecular weight is 836 g/mol. The minimum Gasteiger partial charge on any atom is -0.384 e. The number of nitrogen functional groups attached to an aromatic ring is 1. The van der Waals surface area contributed by atoms with Gasteiger partial charge >= 0.3 is 0 Å². The molecule has 0 atom stereocenters. The molecule has 8 rings (SSSR count). The minimum absolute atomic E-state index is 0.0666. The number of aromatic nitrogens is 8. The third kappa shape index (κ3) is 13.4. The van der Waals surface area contributed by atoms with Gasteiger partial charge in [0.05, 0.1) is 12.7 Å². The first kappa shape index (κ1) is 47.1. The van der Waals surface area contributed by atoms with Crippen molar-refractivity contribution < 1.29 is 9.59 Å². The van der Waals surface area contributed by atoms with E-state index in [0.717, 1.165) is 11.2 Å². The van der Waals surface area contributed by atoms with Crippen LogP contribution in [0.25, 0.3) is 22.3 Å². The number of fused-ring (bicyclic) bond motifs is 2. The third-order valence-corrected chi connectivity index (χ3v) is 8.37. The molecule has 0 fully saturated rings. The summed E-state index contributed by atoms with van der Waals surface area (Å²) in [5, 5.41) is 5.14. The topological polar surface area (TPSA) is 281 Å². The van der Waals surface area contributed by atoms with Crippen LogP contribution in [-0.2, 0) is 23.7 Å². The monoisotopic (exact) mass is 835 g/mol. The minimum atomic E-state index is -0.182. The van der Waals surface area contributed by atoms with Gasteiger partial charge in [-0.2, -0.15) is 0 Å². The van der Waals surface area contributed by atoms with Crippen LogP contribution >= 0.6 is 0 Å². The maximum Gasteiger partial charge on any atom is 0.279 e. The average Bonchev–Trinajstić information content (AvgIpc) is 3.77. The lowest BCUT2D eigenvalue weighted by Gasteiger charge is -2.23. The maximum atomic E-state index is 11.2. The predicted octanol–water partition coefficient (Wildman–Crippen LogP) is 1.30.